The molecule has 0 atom stereocenters. The van der Waals surface area contributed by atoms with E-state index >= 15 is 0 Å². The van der Waals surface area contributed by atoms with E-state index in [0.717, 1.165) is 0 Å². The summed E-state index contributed by atoms with van der Waals surface area (Å²) < 4.78 is 30.8. The molecular formula is C22H27FN2O4. The second kappa shape index (κ2) is 9.80. The molecule has 1 aliphatic heterocycles. The highest BCUT2D eigenvalue weighted by atomic mass is 19.1. The predicted octanol–water partition coefficient (Wildman–Crippen LogP) is 3.63. The van der Waals surface area contributed by atoms with E-state index in [4.69, 9.17) is 14.2 Å². The van der Waals surface area contributed by atoms with Crippen molar-refractivity contribution in [2.45, 2.75) is 32.1 Å². The fraction of sp³-hybridized carbons (Fsp3) is 0.455. The van der Waals surface area contributed by atoms with Gasteiger partial charge in [-0.3, -0.25) is 4.79 Å². The number of hydrogen-bond acceptors (Lipinski definition) is 5. The Morgan fingerprint density at radius 3 is 2.66 bits per heavy atom. The summed E-state index contributed by atoms with van der Waals surface area (Å²) in [7, 11) is 0. The van der Waals surface area contributed by atoms with E-state index < -0.39 is 5.41 Å². The van der Waals surface area contributed by atoms with Crippen LogP contribution in [0, 0.1) is 12.7 Å². The number of anilines is 1. The molecular weight excluding hydrogens is 375 g/mol. The zero-order chi connectivity index (χ0) is 20.7. The van der Waals surface area contributed by atoms with E-state index in [1.807, 2.05) is 6.92 Å². The van der Waals surface area contributed by atoms with Gasteiger partial charge in [0.05, 0.1) is 23.4 Å². The van der Waals surface area contributed by atoms with Crippen LogP contribution in [0.15, 0.2) is 36.4 Å². The lowest BCUT2D eigenvalue weighted by atomic mass is 9.73. The van der Waals surface area contributed by atoms with E-state index in [9.17, 15) is 9.18 Å². The van der Waals surface area contributed by atoms with Crippen molar-refractivity contribution in [1.29, 1.82) is 0 Å². The maximum Gasteiger partial charge on any atom is 0.235 e. The molecule has 1 saturated heterocycles. The van der Waals surface area contributed by atoms with Crippen LogP contribution >= 0.6 is 0 Å². The Labute approximate surface area is 170 Å². The van der Waals surface area contributed by atoms with Gasteiger partial charge < -0.3 is 19.5 Å². The van der Waals surface area contributed by atoms with Gasteiger partial charge in [-0.1, -0.05) is 18.2 Å². The molecule has 6 nitrogen and oxygen atoms in total. The largest absolute Gasteiger partial charge is 0.475 e. The highest BCUT2D eigenvalue weighted by Gasteiger charge is 2.43. The Kier molecular flexibility index (Phi) is 7.17. The van der Waals surface area contributed by atoms with Gasteiger partial charge in [0.2, 0.25) is 11.8 Å². The number of nitrogens with zero attached hydrogens (tertiary/aromatic N) is 1. The average Bonchev–Trinajstić information content (AvgIpc) is 2.74. The van der Waals surface area contributed by atoms with E-state index in [1.165, 1.54) is 6.07 Å². The summed E-state index contributed by atoms with van der Waals surface area (Å²) in [5.41, 5.74) is 0.641. The third-order valence-electron chi connectivity index (χ3n) is 5.16. The van der Waals surface area contributed by atoms with Crippen molar-refractivity contribution in [1.82, 2.24) is 4.98 Å². The minimum atomic E-state index is -0.970. The Hall–Kier alpha value is -2.51. The number of nitrogens with one attached hydrogen (secondary N) is 1. The van der Waals surface area contributed by atoms with Crippen LogP contribution in [0.3, 0.4) is 0 Å². The molecule has 0 saturated carbocycles. The van der Waals surface area contributed by atoms with Gasteiger partial charge in [0.25, 0.3) is 0 Å². The number of benzene rings is 1. The SMILES string of the molecule is CCOCCOc1ccc(NC(=O)C2(c3ccccc3F)CCOCC2)c(C)n1. The molecule has 1 fully saturated rings. The Bertz CT molecular complexity index is 837. The lowest BCUT2D eigenvalue weighted by Gasteiger charge is -2.36. The van der Waals surface area contributed by atoms with Crippen LogP contribution in [0.25, 0.3) is 0 Å². The third-order valence-corrected chi connectivity index (χ3v) is 5.16. The zero-order valence-electron chi connectivity index (χ0n) is 16.9. The topological polar surface area (TPSA) is 69.7 Å². The van der Waals surface area contributed by atoms with E-state index in [1.54, 1.807) is 37.3 Å². The molecule has 1 aromatic heterocycles. The van der Waals surface area contributed by atoms with Gasteiger partial charge in [-0.15, -0.1) is 0 Å². The fourth-order valence-corrected chi connectivity index (χ4v) is 3.53. The van der Waals surface area contributed by atoms with E-state index in [2.05, 4.69) is 10.3 Å². The van der Waals surface area contributed by atoms with Crippen LogP contribution in [0.2, 0.25) is 0 Å². The predicted molar refractivity (Wildman–Crippen MR) is 108 cm³/mol. The molecule has 2 aromatic rings. The molecule has 0 bridgehead atoms. The van der Waals surface area contributed by atoms with Crippen molar-refractivity contribution in [2.75, 3.05) is 38.4 Å². The number of carbonyl (C=O) groups is 1. The number of carbonyl (C=O) groups excluding carboxylic acids is 1. The molecule has 156 valence electrons. The Morgan fingerprint density at radius 2 is 1.97 bits per heavy atom. The molecule has 0 aliphatic carbocycles. The van der Waals surface area contributed by atoms with Gasteiger partial charge in [0.15, 0.2) is 0 Å². The summed E-state index contributed by atoms with van der Waals surface area (Å²) in [6, 6.07) is 9.91. The minimum absolute atomic E-state index is 0.249. The number of ether oxygens (including phenoxy) is 3. The molecule has 7 heteroatoms. The van der Waals surface area contributed by atoms with Gasteiger partial charge >= 0.3 is 0 Å². The fourth-order valence-electron chi connectivity index (χ4n) is 3.53. The normalized spacial score (nSPS) is 15.7. The van der Waals surface area contributed by atoms with Gasteiger partial charge in [0.1, 0.15) is 12.4 Å². The smallest absolute Gasteiger partial charge is 0.235 e. The number of halogens is 1. The highest BCUT2D eigenvalue weighted by molar-refractivity contribution is 5.99. The van der Waals surface area contributed by atoms with Gasteiger partial charge in [-0.2, -0.15) is 0 Å². The molecule has 3 rings (SSSR count). The summed E-state index contributed by atoms with van der Waals surface area (Å²) in [5, 5.41) is 2.95. The zero-order valence-corrected chi connectivity index (χ0v) is 16.9. The van der Waals surface area contributed by atoms with Crippen molar-refractivity contribution >= 4 is 11.6 Å². The lowest BCUT2D eigenvalue weighted by Crippen LogP contribution is -2.45. The molecule has 0 unspecified atom stereocenters. The molecule has 0 radical (unpaired) electrons. The summed E-state index contributed by atoms with van der Waals surface area (Å²) in [5.74, 6) is -0.159. The Morgan fingerprint density at radius 1 is 1.21 bits per heavy atom. The molecule has 1 aromatic carbocycles. The molecule has 29 heavy (non-hydrogen) atoms. The van der Waals surface area contributed by atoms with Crippen molar-refractivity contribution in [3.05, 3.63) is 53.5 Å². The van der Waals surface area contributed by atoms with Crippen molar-refractivity contribution in [3.8, 4) is 5.88 Å². The third kappa shape index (κ3) is 4.92. The summed E-state index contributed by atoms with van der Waals surface area (Å²) in [6.07, 6.45) is 0.843. The van der Waals surface area contributed by atoms with Crippen LogP contribution in [0.5, 0.6) is 5.88 Å². The summed E-state index contributed by atoms with van der Waals surface area (Å²) >= 11 is 0. The summed E-state index contributed by atoms with van der Waals surface area (Å²) in [4.78, 5) is 17.7. The maximum atomic E-state index is 14.6. The standard InChI is InChI=1S/C22H27FN2O4/c1-3-27-14-15-29-20-9-8-19(16(2)24-20)25-21(26)22(10-12-28-13-11-22)17-6-4-5-7-18(17)23/h4-9H,3,10-15H2,1-2H3,(H,25,26). The minimum Gasteiger partial charge on any atom is -0.475 e. The van der Waals surface area contributed by atoms with E-state index in [-0.39, 0.29) is 11.7 Å². The molecule has 2 heterocycles. The van der Waals surface area contributed by atoms with Crippen LogP contribution in [-0.4, -0.2) is 43.9 Å². The molecule has 0 spiro atoms. The van der Waals surface area contributed by atoms with Gasteiger partial charge in [0, 0.05) is 31.5 Å². The first kappa shape index (κ1) is 21.2. The van der Waals surface area contributed by atoms with Crippen molar-refractivity contribution in [3.63, 3.8) is 0 Å². The van der Waals surface area contributed by atoms with Crippen molar-refractivity contribution < 1.29 is 23.4 Å². The number of amides is 1. The number of aryl methyl sites for hydroxylation is 1. The van der Waals surface area contributed by atoms with Gasteiger partial charge in [-0.05, 0) is 38.8 Å². The first-order valence-corrected chi connectivity index (χ1v) is 9.89. The second-order valence-electron chi connectivity index (χ2n) is 6.96. The first-order valence-electron chi connectivity index (χ1n) is 9.89. The quantitative estimate of drug-likeness (QED) is 0.683. The van der Waals surface area contributed by atoms with Crippen LogP contribution in [-0.2, 0) is 19.7 Å². The maximum absolute atomic E-state index is 14.6. The van der Waals surface area contributed by atoms with E-state index in [0.29, 0.717) is 68.7 Å². The van der Waals surface area contributed by atoms with Crippen LogP contribution in [0.1, 0.15) is 31.0 Å². The molecule has 1 aliphatic rings. The van der Waals surface area contributed by atoms with Crippen molar-refractivity contribution in [2.24, 2.45) is 0 Å². The average molecular weight is 402 g/mol. The molecule has 1 N–H and O–H groups in total. The molecule has 1 amide bonds. The Balaban J connectivity index is 1.77. The van der Waals surface area contributed by atoms with Crippen LogP contribution in [0.4, 0.5) is 10.1 Å². The monoisotopic (exact) mass is 402 g/mol. The number of rotatable bonds is 8. The van der Waals surface area contributed by atoms with Gasteiger partial charge in [-0.25, -0.2) is 9.37 Å². The first-order chi connectivity index (χ1) is 14.1. The number of aromatic nitrogens is 1. The van der Waals surface area contributed by atoms with Crippen LogP contribution < -0.4 is 10.1 Å². The second-order valence-corrected chi connectivity index (χ2v) is 6.96. The lowest BCUT2D eigenvalue weighted by molar-refractivity contribution is -0.125. The number of pyridine rings is 1. The number of hydrogen-bond donors (Lipinski definition) is 1. The summed E-state index contributed by atoms with van der Waals surface area (Å²) in [6.45, 7) is 6.06. The highest BCUT2D eigenvalue weighted by Crippen LogP contribution is 2.37.